The Bertz CT molecular complexity index is 2990. The third kappa shape index (κ3) is 16.5. The van der Waals surface area contributed by atoms with E-state index in [0.717, 1.165) is 77.5 Å². The number of hydrogen-bond donors (Lipinski definition) is 15. The number of ether oxygens (including phenoxy) is 2. The van der Waals surface area contributed by atoms with Crippen LogP contribution in [0.15, 0.2) is 97.1 Å². The number of nitrogens with two attached hydrogens (primary N) is 2. The second-order valence-corrected chi connectivity index (χ2v) is 22.5. The number of fused-ring (bicyclic) bond motifs is 2. The summed E-state index contributed by atoms with van der Waals surface area (Å²) in [6.07, 6.45) is -14.2. The third-order valence-electron chi connectivity index (χ3n) is 15.9. The monoisotopic (exact) mass is 1210 g/mol. The van der Waals surface area contributed by atoms with Crippen LogP contribution in [0, 0.1) is 5.92 Å². The highest BCUT2D eigenvalue weighted by atomic mass is 16.5. The minimum Gasteiger partial charge on any atom is -0.508 e. The smallest absolute Gasteiger partial charge is 0.251 e. The lowest BCUT2D eigenvalue weighted by molar-refractivity contribution is -0.151. The molecule has 7 amide bonds. The maximum atomic E-state index is 14.8. The maximum Gasteiger partial charge on any atom is 0.251 e. The van der Waals surface area contributed by atoms with Crippen molar-refractivity contribution in [3.05, 3.63) is 108 Å². The molecule has 0 radical (unpaired) electrons. The van der Waals surface area contributed by atoms with Gasteiger partial charge in [-0.15, -0.1) is 0 Å². The highest BCUT2D eigenvalue weighted by Crippen LogP contribution is 2.30. The molecule has 472 valence electrons. The molecule has 0 spiro atoms. The van der Waals surface area contributed by atoms with E-state index < -0.39 is 158 Å². The highest BCUT2D eigenvalue weighted by molar-refractivity contribution is 6.00. The number of amides is 7. The molecule has 87 heavy (non-hydrogen) atoms. The molecule has 3 heterocycles. The summed E-state index contributed by atoms with van der Waals surface area (Å²) in [5.74, 6) is -8.54. The average Bonchev–Trinajstić information content (AvgIpc) is 1.95. The molecule has 26 heteroatoms. The van der Waals surface area contributed by atoms with Crippen LogP contribution in [0.5, 0.6) is 11.5 Å². The molecule has 7 rings (SSSR count). The fraction of sp³-hybridized carbons (Fsp3) is 0.492. The Morgan fingerprint density at radius 2 is 1.18 bits per heavy atom. The van der Waals surface area contributed by atoms with Crippen LogP contribution in [0.25, 0.3) is 22.3 Å². The Balaban J connectivity index is 1.23. The van der Waals surface area contributed by atoms with E-state index >= 15 is 0 Å². The fourth-order valence-electron chi connectivity index (χ4n) is 10.7. The number of aromatic hydroxyl groups is 1. The molecular weight excluding hydrogens is 1130 g/mol. The van der Waals surface area contributed by atoms with E-state index in [1.807, 2.05) is 48.5 Å². The van der Waals surface area contributed by atoms with Crippen molar-refractivity contribution in [3.8, 4) is 33.8 Å². The van der Waals surface area contributed by atoms with Crippen LogP contribution < -0.4 is 42.8 Å². The van der Waals surface area contributed by atoms with Crippen LogP contribution in [-0.4, -0.2) is 210 Å². The zero-order valence-electron chi connectivity index (χ0n) is 48.8. The molecule has 4 aromatic rings. The second-order valence-electron chi connectivity index (χ2n) is 22.5. The van der Waals surface area contributed by atoms with Crippen molar-refractivity contribution < 1.29 is 83.9 Å². The Kier molecular flexibility index (Phi) is 23.3. The highest BCUT2D eigenvalue weighted by Gasteiger charge is 2.50. The Labute approximate surface area is 503 Å². The Morgan fingerprint density at radius 1 is 0.655 bits per heavy atom. The van der Waals surface area contributed by atoms with E-state index in [2.05, 4.69) is 33.5 Å². The number of rotatable bonds is 18. The van der Waals surface area contributed by atoms with Crippen LogP contribution in [0.3, 0.4) is 0 Å². The summed E-state index contributed by atoms with van der Waals surface area (Å²) in [4.78, 5) is 104. The van der Waals surface area contributed by atoms with Crippen molar-refractivity contribution in [3.63, 3.8) is 0 Å². The van der Waals surface area contributed by atoms with Gasteiger partial charge in [-0.2, -0.15) is 0 Å². The standard InChI is InChI=1S/C61H81N9O17/c1-5-6-7-24-86-42-22-18-37(19-23-42)35-10-8-34(9-11-35)36-12-14-39(15-13-36)54(79)64-44-26-46(75)59(87-43(27-62)28-63)68-58(83)50-51(76)31(2)29-70(50)61(85)48(33(4)72)66-57(82)49(53(78)52(77)38-16-20-40(73)21-17-38)67-56(81)45-25-41(74)30-69(45)60(84)47(32(3)71)65-55(44)80/h8-23,31-33,41,43-53,59,71-78H,5-7,24-30,62-63H2,1-4H3,(H,64,79)(H,65,80)(H,66,82)(H,67,81)(H,68,83)/t31-,32+,33+,41+,44-,45?,46+,47?,48?,49?,50?,51-,52-,53-,59?/m0/s1. The zero-order chi connectivity index (χ0) is 63.4. The molecule has 3 fully saturated rings. The molecule has 0 aliphatic carbocycles. The summed E-state index contributed by atoms with van der Waals surface area (Å²) >= 11 is 0. The fourth-order valence-corrected chi connectivity index (χ4v) is 10.7. The first-order valence-electron chi connectivity index (χ1n) is 29.1. The molecule has 0 saturated carbocycles. The zero-order valence-corrected chi connectivity index (χ0v) is 48.8. The van der Waals surface area contributed by atoms with Gasteiger partial charge in [0.25, 0.3) is 5.91 Å². The van der Waals surface area contributed by atoms with Crippen LogP contribution in [0.1, 0.15) is 81.8 Å². The second kappa shape index (κ2) is 30.3. The molecule has 3 aliphatic rings. The van der Waals surface area contributed by atoms with Gasteiger partial charge in [-0.3, -0.25) is 33.6 Å². The number of carbonyl (C=O) groups is 7. The van der Waals surface area contributed by atoms with Crippen molar-refractivity contribution in [1.82, 2.24) is 36.4 Å². The van der Waals surface area contributed by atoms with Crippen molar-refractivity contribution in [1.29, 1.82) is 0 Å². The van der Waals surface area contributed by atoms with Crippen LogP contribution in [-0.2, 0) is 33.5 Å². The SMILES string of the molecule is CCCCCOc1ccc(-c2ccc(-c3ccc(C(=O)N[C@H]4C[C@@H](O)C(OC(CN)CN)NC(=O)C5[C@@H](O)[C@@H](C)CN5C(=O)C([C@@H](C)O)NC(=O)C([C@H](O)[C@@H](O)c5ccc(O)cc5)NC(=O)C5C[C@@H](O)CN5C(=O)C([C@@H](C)O)NC4=O)cc3)cc2)cc1. The predicted molar refractivity (Wildman–Crippen MR) is 314 cm³/mol. The number of nitrogens with zero attached hydrogens (tertiary/aromatic N) is 2. The molecule has 26 nitrogen and oxygen atoms in total. The lowest BCUT2D eigenvalue weighted by Gasteiger charge is -2.34. The van der Waals surface area contributed by atoms with E-state index in [1.165, 1.54) is 31.2 Å². The van der Waals surface area contributed by atoms with E-state index in [-0.39, 0.29) is 36.5 Å². The van der Waals surface area contributed by atoms with Gasteiger partial charge >= 0.3 is 0 Å². The Hall–Kier alpha value is -7.63. The summed E-state index contributed by atoms with van der Waals surface area (Å²) in [6.45, 7) is 4.95. The number of hydrogen-bond acceptors (Lipinski definition) is 19. The summed E-state index contributed by atoms with van der Waals surface area (Å²) in [5.41, 5.74) is 15.3. The minimum absolute atomic E-state index is 0.0177. The molecule has 3 saturated heterocycles. The van der Waals surface area contributed by atoms with Gasteiger partial charge in [0.05, 0.1) is 37.1 Å². The minimum atomic E-state index is -2.30. The first kappa shape index (κ1) is 66.9. The quantitative estimate of drug-likeness (QED) is 0.0498. The number of carbonyl (C=O) groups excluding carboxylic acids is 7. The molecular formula is C61H81N9O17. The van der Waals surface area contributed by atoms with Gasteiger partial charge in [-0.05, 0) is 84.5 Å². The third-order valence-corrected chi connectivity index (χ3v) is 15.9. The largest absolute Gasteiger partial charge is 0.508 e. The van der Waals surface area contributed by atoms with Crippen LogP contribution in [0.2, 0.25) is 0 Å². The van der Waals surface area contributed by atoms with Gasteiger partial charge in [-0.25, -0.2) is 0 Å². The van der Waals surface area contributed by atoms with Crippen LogP contribution in [0.4, 0.5) is 0 Å². The van der Waals surface area contributed by atoms with Crippen molar-refractivity contribution >= 4 is 41.4 Å². The Morgan fingerprint density at radius 3 is 1.74 bits per heavy atom. The number of unbranched alkanes of at least 4 members (excludes halogenated alkanes) is 2. The first-order valence-corrected chi connectivity index (χ1v) is 29.1. The number of aliphatic hydroxyl groups is 7. The van der Waals surface area contributed by atoms with E-state index in [4.69, 9.17) is 20.9 Å². The van der Waals surface area contributed by atoms with Gasteiger partial charge in [-0.1, -0.05) is 87.4 Å². The summed E-state index contributed by atoms with van der Waals surface area (Å²) < 4.78 is 11.9. The van der Waals surface area contributed by atoms with Gasteiger partial charge in [0.2, 0.25) is 35.4 Å². The van der Waals surface area contributed by atoms with Gasteiger partial charge in [0, 0.05) is 50.5 Å². The molecule has 6 unspecified atom stereocenters. The topological polar surface area (TPSA) is 418 Å². The summed E-state index contributed by atoms with van der Waals surface area (Å²) in [7, 11) is 0. The summed E-state index contributed by atoms with van der Waals surface area (Å²) in [6, 6.07) is 14.8. The number of aliphatic hydroxyl groups excluding tert-OH is 7. The maximum absolute atomic E-state index is 14.8. The molecule has 3 aliphatic heterocycles. The molecule has 0 bridgehead atoms. The molecule has 0 aromatic heterocycles. The normalized spacial score (nSPS) is 26.7. The number of benzene rings is 4. The van der Waals surface area contributed by atoms with Gasteiger partial charge in [0.1, 0.15) is 66.1 Å². The molecule has 17 N–H and O–H groups in total. The lowest BCUT2D eigenvalue weighted by Crippen LogP contribution is -2.64. The predicted octanol–water partition coefficient (Wildman–Crippen LogP) is -1.62. The lowest BCUT2D eigenvalue weighted by atomic mass is 9.96. The molecule has 4 aromatic carbocycles. The first-order chi connectivity index (χ1) is 41.4. The van der Waals surface area contributed by atoms with E-state index in [1.54, 1.807) is 12.1 Å². The van der Waals surface area contributed by atoms with Crippen molar-refractivity contribution in [2.45, 2.75) is 151 Å². The average molecular weight is 1210 g/mol. The van der Waals surface area contributed by atoms with Crippen LogP contribution >= 0.6 is 0 Å². The molecule has 15 atom stereocenters. The number of phenols is 1. The van der Waals surface area contributed by atoms with E-state index in [9.17, 15) is 74.4 Å². The number of nitrogens with one attached hydrogen (secondary N) is 5. The van der Waals surface area contributed by atoms with Crippen molar-refractivity contribution in [2.75, 3.05) is 32.8 Å². The summed E-state index contributed by atoms with van der Waals surface area (Å²) in [5, 5.41) is 102. The van der Waals surface area contributed by atoms with Gasteiger partial charge < -0.3 is 98.2 Å². The van der Waals surface area contributed by atoms with E-state index in [0.29, 0.717) is 12.2 Å². The van der Waals surface area contributed by atoms with Crippen molar-refractivity contribution in [2.24, 2.45) is 17.4 Å². The number of phenolic OH excluding ortho intramolecular Hbond substituents is 1. The van der Waals surface area contributed by atoms with Gasteiger partial charge in [0.15, 0.2) is 6.23 Å².